The van der Waals surface area contributed by atoms with Crippen LogP contribution in [0.3, 0.4) is 0 Å². The van der Waals surface area contributed by atoms with Gasteiger partial charge in [0.2, 0.25) is 0 Å². The SMILES string of the molecule is C/C(=C/C(=O)O)Cc1ccc(O)cc1. The minimum Gasteiger partial charge on any atom is -0.508 e. The first-order chi connectivity index (χ1) is 6.58. The molecule has 1 aromatic rings. The maximum atomic E-state index is 10.3. The number of phenols is 1. The van der Waals surface area contributed by atoms with Gasteiger partial charge >= 0.3 is 5.97 Å². The lowest BCUT2D eigenvalue weighted by atomic mass is 10.1. The van der Waals surface area contributed by atoms with Crippen molar-refractivity contribution in [3.8, 4) is 5.75 Å². The van der Waals surface area contributed by atoms with Crippen molar-refractivity contribution < 1.29 is 15.0 Å². The molecule has 74 valence electrons. The van der Waals surface area contributed by atoms with Gasteiger partial charge in [-0.25, -0.2) is 4.79 Å². The molecule has 3 heteroatoms. The molecular formula is C11H12O3. The van der Waals surface area contributed by atoms with Gasteiger partial charge in [0.05, 0.1) is 0 Å². The van der Waals surface area contributed by atoms with Crippen LogP contribution >= 0.6 is 0 Å². The maximum absolute atomic E-state index is 10.3. The Bertz CT molecular complexity index is 349. The normalized spacial score (nSPS) is 11.4. The van der Waals surface area contributed by atoms with Crippen LogP contribution in [0.2, 0.25) is 0 Å². The van der Waals surface area contributed by atoms with Crippen LogP contribution in [0, 0.1) is 0 Å². The first-order valence-corrected chi connectivity index (χ1v) is 4.26. The van der Waals surface area contributed by atoms with Gasteiger partial charge in [-0.15, -0.1) is 0 Å². The highest BCUT2D eigenvalue weighted by atomic mass is 16.4. The van der Waals surface area contributed by atoms with Crippen molar-refractivity contribution in [1.29, 1.82) is 0 Å². The van der Waals surface area contributed by atoms with Crippen LogP contribution in [0.15, 0.2) is 35.9 Å². The summed E-state index contributed by atoms with van der Waals surface area (Å²) < 4.78 is 0. The standard InChI is InChI=1S/C11H12O3/c1-8(7-11(13)14)6-9-2-4-10(12)5-3-9/h2-5,7,12H,6H2,1H3,(H,13,14)/b8-7-. The van der Waals surface area contributed by atoms with E-state index in [9.17, 15) is 4.79 Å². The Morgan fingerprint density at radius 2 is 1.93 bits per heavy atom. The molecule has 14 heavy (non-hydrogen) atoms. The summed E-state index contributed by atoms with van der Waals surface area (Å²) in [6, 6.07) is 6.72. The molecule has 0 atom stereocenters. The third-order valence-electron chi connectivity index (χ3n) is 1.79. The fourth-order valence-corrected chi connectivity index (χ4v) is 1.20. The quantitative estimate of drug-likeness (QED) is 0.720. The molecule has 0 saturated carbocycles. The van der Waals surface area contributed by atoms with Crippen LogP contribution in [0.1, 0.15) is 12.5 Å². The number of phenolic OH excluding ortho intramolecular Hbond substituents is 1. The summed E-state index contributed by atoms with van der Waals surface area (Å²) in [4.78, 5) is 10.3. The van der Waals surface area contributed by atoms with E-state index in [0.29, 0.717) is 6.42 Å². The minimum atomic E-state index is -0.929. The zero-order valence-electron chi connectivity index (χ0n) is 7.90. The average Bonchev–Trinajstić information content (AvgIpc) is 2.07. The Kier molecular flexibility index (Phi) is 3.29. The molecule has 0 fully saturated rings. The van der Waals surface area contributed by atoms with Gasteiger partial charge in [0, 0.05) is 6.08 Å². The van der Waals surface area contributed by atoms with Gasteiger partial charge in [-0.05, 0) is 31.0 Å². The molecule has 2 N–H and O–H groups in total. The molecule has 0 aliphatic heterocycles. The highest BCUT2D eigenvalue weighted by Crippen LogP contribution is 2.12. The van der Waals surface area contributed by atoms with Crippen LogP contribution in [0.25, 0.3) is 0 Å². The summed E-state index contributed by atoms with van der Waals surface area (Å²) in [5, 5.41) is 17.5. The Hall–Kier alpha value is -1.77. The zero-order chi connectivity index (χ0) is 10.6. The summed E-state index contributed by atoms with van der Waals surface area (Å²) >= 11 is 0. The molecule has 3 nitrogen and oxygen atoms in total. The summed E-state index contributed by atoms with van der Waals surface area (Å²) in [6.45, 7) is 1.76. The average molecular weight is 192 g/mol. The number of carbonyl (C=O) groups is 1. The van der Waals surface area contributed by atoms with E-state index in [1.807, 2.05) is 0 Å². The number of hydrogen-bond acceptors (Lipinski definition) is 2. The Labute approximate surface area is 82.3 Å². The van der Waals surface area contributed by atoms with E-state index in [-0.39, 0.29) is 5.75 Å². The zero-order valence-corrected chi connectivity index (χ0v) is 7.90. The fraction of sp³-hybridized carbons (Fsp3) is 0.182. The fourth-order valence-electron chi connectivity index (χ4n) is 1.20. The van der Waals surface area contributed by atoms with E-state index in [0.717, 1.165) is 11.1 Å². The van der Waals surface area contributed by atoms with E-state index >= 15 is 0 Å². The van der Waals surface area contributed by atoms with Crippen LogP contribution < -0.4 is 0 Å². The summed E-state index contributed by atoms with van der Waals surface area (Å²) in [6.07, 6.45) is 1.78. The predicted octanol–water partition coefficient (Wildman–Crippen LogP) is 1.97. The lowest BCUT2D eigenvalue weighted by molar-refractivity contribution is -0.131. The Balaban J connectivity index is 2.69. The topological polar surface area (TPSA) is 57.5 Å². The number of aliphatic carboxylic acids is 1. The van der Waals surface area contributed by atoms with Crippen molar-refractivity contribution in [3.63, 3.8) is 0 Å². The Morgan fingerprint density at radius 3 is 2.43 bits per heavy atom. The molecule has 0 spiro atoms. The molecular weight excluding hydrogens is 180 g/mol. The first-order valence-electron chi connectivity index (χ1n) is 4.26. The van der Waals surface area contributed by atoms with Gasteiger partial charge in [-0.1, -0.05) is 17.7 Å². The van der Waals surface area contributed by atoms with Crippen LogP contribution in [-0.4, -0.2) is 16.2 Å². The van der Waals surface area contributed by atoms with E-state index in [2.05, 4.69) is 0 Å². The summed E-state index contributed by atoms with van der Waals surface area (Å²) in [7, 11) is 0. The van der Waals surface area contributed by atoms with E-state index in [4.69, 9.17) is 10.2 Å². The smallest absolute Gasteiger partial charge is 0.328 e. The lowest BCUT2D eigenvalue weighted by Crippen LogP contribution is -1.93. The van der Waals surface area contributed by atoms with E-state index < -0.39 is 5.97 Å². The van der Waals surface area contributed by atoms with Crippen LogP contribution in [-0.2, 0) is 11.2 Å². The van der Waals surface area contributed by atoms with Crippen molar-refractivity contribution in [1.82, 2.24) is 0 Å². The maximum Gasteiger partial charge on any atom is 0.328 e. The molecule has 0 saturated heterocycles. The van der Waals surface area contributed by atoms with Crippen molar-refractivity contribution in [2.24, 2.45) is 0 Å². The number of benzene rings is 1. The van der Waals surface area contributed by atoms with Crippen molar-refractivity contribution in [2.45, 2.75) is 13.3 Å². The van der Waals surface area contributed by atoms with E-state index in [1.54, 1.807) is 31.2 Å². The number of allylic oxidation sites excluding steroid dienone is 1. The van der Waals surface area contributed by atoms with Gasteiger partial charge in [-0.3, -0.25) is 0 Å². The molecule has 0 aliphatic carbocycles. The van der Waals surface area contributed by atoms with Crippen molar-refractivity contribution in [3.05, 3.63) is 41.5 Å². The van der Waals surface area contributed by atoms with Crippen LogP contribution in [0.5, 0.6) is 5.75 Å². The largest absolute Gasteiger partial charge is 0.508 e. The number of aromatic hydroxyl groups is 1. The minimum absolute atomic E-state index is 0.216. The van der Waals surface area contributed by atoms with Crippen LogP contribution in [0.4, 0.5) is 0 Å². The first kappa shape index (κ1) is 10.3. The number of carboxylic acids is 1. The highest BCUT2D eigenvalue weighted by molar-refractivity contribution is 5.80. The monoisotopic (exact) mass is 192 g/mol. The van der Waals surface area contributed by atoms with E-state index in [1.165, 1.54) is 6.08 Å². The van der Waals surface area contributed by atoms with Gasteiger partial charge in [0.1, 0.15) is 5.75 Å². The number of hydrogen-bond donors (Lipinski definition) is 2. The van der Waals surface area contributed by atoms with Crippen molar-refractivity contribution >= 4 is 5.97 Å². The lowest BCUT2D eigenvalue weighted by Gasteiger charge is -2.00. The van der Waals surface area contributed by atoms with Gasteiger partial charge in [0.15, 0.2) is 0 Å². The molecule has 0 aliphatic rings. The third-order valence-corrected chi connectivity index (χ3v) is 1.79. The van der Waals surface area contributed by atoms with Gasteiger partial charge in [0.25, 0.3) is 0 Å². The second kappa shape index (κ2) is 4.46. The van der Waals surface area contributed by atoms with Gasteiger partial charge in [-0.2, -0.15) is 0 Å². The molecule has 0 heterocycles. The molecule has 0 aromatic heterocycles. The summed E-state index contributed by atoms with van der Waals surface area (Å²) in [5.74, 6) is -0.713. The number of carboxylic acid groups (broad SMARTS) is 1. The van der Waals surface area contributed by atoms with Gasteiger partial charge < -0.3 is 10.2 Å². The second-order valence-electron chi connectivity index (χ2n) is 3.17. The second-order valence-corrected chi connectivity index (χ2v) is 3.17. The molecule has 1 aromatic carbocycles. The summed E-state index contributed by atoms with van der Waals surface area (Å²) in [5.41, 5.74) is 1.76. The molecule has 0 unspecified atom stereocenters. The molecule has 0 bridgehead atoms. The highest BCUT2D eigenvalue weighted by Gasteiger charge is 1.97. The predicted molar refractivity (Wildman–Crippen MR) is 53.2 cm³/mol. The third kappa shape index (κ3) is 3.31. The Morgan fingerprint density at radius 1 is 1.36 bits per heavy atom. The van der Waals surface area contributed by atoms with Crippen molar-refractivity contribution in [2.75, 3.05) is 0 Å². The number of rotatable bonds is 3. The molecule has 1 rings (SSSR count). The molecule has 0 radical (unpaired) electrons. The molecule has 0 amide bonds.